The van der Waals surface area contributed by atoms with Gasteiger partial charge in [0.15, 0.2) is 0 Å². The van der Waals surface area contributed by atoms with Crippen molar-refractivity contribution in [2.24, 2.45) is 5.41 Å². The van der Waals surface area contributed by atoms with Gasteiger partial charge in [-0.05, 0) is 32.4 Å². The molecule has 5 heteroatoms. The summed E-state index contributed by atoms with van der Waals surface area (Å²) >= 11 is 0. The second-order valence-electron chi connectivity index (χ2n) is 6.01. The predicted molar refractivity (Wildman–Crippen MR) is 79.7 cm³/mol. The smallest absolute Gasteiger partial charge is 0.227 e. The van der Waals surface area contributed by atoms with Crippen LogP contribution >= 0.6 is 0 Å². The second-order valence-corrected chi connectivity index (χ2v) is 6.01. The topological polar surface area (TPSA) is 53.6 Å². The van der Waals surface area contributed by atoms with Crippen molar-refractivity contribution in [3.8, 4) is 0 Å². The highest BCUT2D eigenvalue weighted by Gasteiger charge is 2.38. The van der Waals surface area contributed by atoms with E-state index >= 15 is 0 Å². The molecule has 5 nitrogen and oxygen atoms in total. The number of carbonyl (C=O) groups is 1. The van der Waals surface area contributed by atoms with Crippen molar-refractivity contribution in [3.05, 3.63) is 0 Å². The minimum absolute atomic E-state index is 0.137. The summed E-state index contributed by atoms with van der Waals surface area (Å²) in [4.78, 5) is 14.9. The van der Waals surface area contributed by atoms with Crippen molar-refractivity contribution in [2.75, 3.05) is 45.9 Å². The van der Waals surface area contributed by atoms with E-state index in [4.69, 9.17) is 4.74 Å². The van der Waals surface area contributed by atoms with Gasteiger partial charge in [-0.15, -0.1) is 0 Å². The lowest BCUT2D eigenvalue weighted by Crippen LogP contribution is -2.53. The van der Waals surface area contributed by atoms with Gasteiger partial charge in [0.05, 0.1) is 18.1 Å². The molecule has 0 aromatic carbocycles. The number of amides is 1. The van der Waals surface area contributed by atoms with Crippen molar-refractivity contribution >= 4 is 5.91 Å². The lowest BCUT2D eigenvalue weighted by molar-refractivity contribution is -0.133. The highest BCUT2D eigenvalue weighted by Crippen LogP contribution is 2.30. The van der Waals surface area contributed by atoms with Crippen molar-refractivity contribution < 1.29 is 9.53 Å². The number of likely N-dealkylation sites (N-methyl/N-ethyl adjacent to an activating group) is 1. The van der Waals surface area contributed by atoms with E-state index in [-0.39, 0.29) is 17.4 Å². The number of piperidine rings is 1. The van der Waals surface area contributed by atoms with Crippen molar-refractivity contribution in [2.45, 2.75) is 39.2 Å². The fourth-order valence-corrected chi connectivity index (χ4v) is 3.21. The van der Waals surface area contributed by atoms with Gasteiger partial charge in [-0.3, -0.25) is 9.69 Å². The van der Waals surface area contributed by atoms with Gasteiger partial charge in [0.2, 0.25) is 5.91 Å². The van der Waals surface area contributed by atoms with Gasteiger partial charge < -0.3 is 15.4 Å². The van der Waals surface area contributed by atoms with Gasteiger partial charge in [0, 0.05) is 26.2 Å². The first-order valence-corrected chi connectivity index (χ1v) is 8.03. The van der Waals surface area contributed by atoms with Crippen LogP contribution in [0.15, 0.2) is 0 Å². The molecule has 0 aromatic rings. The lowest BCUT2D eigenvalue weighted by atomic mass is 9.77. The van der Waals surface area contributed by atoms with Crippen LogP contribution in [0.4, 0.5) is 0 Å². The average Bonchev–Trinajstić information content (AvgIpc) is 2.53. The largest absolute Gasteiger partial charge is 0.374 e. The molecule has 0 aliphatic carbocycles. The molecule has 0 saturated carbocycles. The van der Waals surface area contributed by atoms with E-state index in [1.165, 1.54) is 0 Å². The number of morpholine rings is 1. The number of hydrogen-bond donors (Lipinski definition) is 2. The Morgan fingerprint density at radius 3 is 3.00 bits per heavy atom. The van der Waals surface area contributed by atoms with Crippen LogP contribution in [0, 0.1) is 5.41 Å². The number of hydrogen-bond acceptors (Lipinski definition) is 4. The van der Waals surface area contributed by atoms with Gasteiger partial charge in [-0.25, -0.2) is 0 Å². The third-order valence-electron chi connectivity index (χ3n) is 4.79. The van der Waals surface area contributed by atoms with E-state index in [1.54, 1.807) is 0 Å². The van der Waals surface area contributed by atoms with Crippen LogP contribution in [0.25, 0.3) is 0 Å². The van der Waals surface area contributed by atoms with E-state index in [0.717, 1.165) is 58.6 Å². The molecule has 0 aromatic heterocycles. The molecule has 2 rings (SSSR count). The Balaban J connectivity index is 1.81. The quantitative estimate of drug-likeness (QED) is 0.776. The van der Waals surface area contributed by atoms with E-state index in [0.29, 0.717) is 6.54 Å². The first kappa shape index (κ1) is 15.7. The summed E-state index contributed by atoms with van der Waals surface area (Å²) in [7, 11) is 0. The molecule has 0 bridgehead atoms. The summed E-state index contributed by atoms with van der Waals surface area (Å²) in [6.45, 7) is 10.5. The molecule has 2 atom stereocenters. The molecule has 2 aliphatic rings. The molecule has 2 N–H and O–H groups in total. The van der Waals surface area contributed by atoms with E-state index < -0.39 is 0 Å². The Kier molecular flexibility index (Phi) is 5.81. The predicted octanol–water partition coefficient (Wildman–Crippen LogP) is 0.603. The zero-order chi connectivity index (χ0) is 14.4. The fourth-order valence-electron chi connectivity index (χ4n) is 3.21. The van der Waals surface area contributed by atoms with Crippen LogP contribution < -0.4 is 10.6 Å². The molecule has 20 heavy (non-hydrogen) atoms. The Hall–Kier alpha value is -0.650. The Labute approximate surface area is 122 Å². The molecule has 2 fully saturated rings. The van der Waals surface area contributed by atoms with Gasteiger partial charge in [-0.1, -0.05) is 13.8 Å². The van der Waals surface area contributed by atoms with Crippen LogP contribution in [0.1, 0.15) is 33.1 Å². The van der Waals surface area contributed by atoms with Crippen LogP contribution in [0.3, 0.4) is 0 Å². The van der Waals surface area contributed by atoms with Crippen molar-refractivity contribution in [1.29, 1.82) is 0 Å². The van der Waals surface area contributed by atoms with E-state index in [9.17, 15) is 4.79 Å². The average molecular weight is 283 g/mol. The number of nitrogens with one attached hydrogen (secondary N) is 2. The molecule has 2 unspecified atom stereocenters. The maximum atomic E-state index is 12.5. The number of carbonyl (C=O) groups excluding carboxylic acids is 1. The Morgan fingerprint density at radius 1 is 1.50 bits per heavy atom. The Morgan fingerprint density at radius 2 is 2.35 bits per heavy atom. The summed E-state index contributed by atoms with van der Waals surface area (Å²) in [5.41, 5.74) is -0.211. The molecule has 2 heterocycles. The molecule has 2 saturated heterocycles. The number of rotatable bonds is 5. The summed E-state index contributed by atoms with van der Waals surface area (Å²) in [6.07, 6.45) is 3.12. The van der Waals surface area contributed by atoms with E-state index in [2.05, 4.69) is 29.4 Å². The van der Waals surface area contributed by atoms with Gasteiger partial charge in [0.1, 0.15) is 0 Å². The molecule has 2 aliphatic heterocycles. The van der Waals surface area contributed by atoms with Crippen LogP contribution in [0.5, 0.6) is 0 Å². The van der Waals surface area contributed by atoms with Crippen LogP contribution in [0.2, 0.25) is 0 Å². The third kappa shape index (κ3) is 3.71. The molecular weight excluding hydrogens is 254 g/mol. The molecule has 116 valence electrons. The summed E-state index contributed by atoms with van der Waals surface area (Å²) in [5, 5.41) is 6.49. The standard InChI is InChI=1S/C15H29N3O2/c1-3-15(6-5-7-16-12-15)14(19)17-10-13-11-18(4-2)8-9-20-13/h13,16H,3-12H2,1-2H3,(H,17,19). The van der Waals surface area contributed by atoms with Crippen LogP contribution in [-0.2, 0) is 9.53 Å². The number of ether oxygens (including phenoxy) is 1. The monoisotopic (exact) mass is 283 g/mol. The Bertz CT molecular complexity index is 316. The van der Waals surface area contributed by atoms with Crippen molar-refractivity contribution in [1.82, 2.24) is 15.5 Å². The zero-order valence-corrected chi connectivity index (χ0v) is 12.9. The van der Waals surface area contributed by atoms with Crippen molar-refractivity contribution in [3.63, 3.8) is 0 Å². The maximum Gasteiger partial charge on any atom is 0.227 e. The SMILES string of the molecule is CCN1CCOC(CNC(=O)C2(CC)CCCNC2)C1. The number of nitrogens with zero attached hydrogens (tertiary/aromatic N) is 1. The first-order chi connectivity index (χ1) is 9.70. The highest BCUT2D eigenvalue weighted by molar-refractivity contribution is 5.83. The maximum absolute atomic E-state index is 12.5. The zero-order valence-electron chi connectivity index (χ0n) is 12.9. The molecule has 0 spiro atoms. The molecular formula is C15H29N3O2. The molecule has 0 radical (unpaired) electrons. The summed E-state index contributed by atoms with van der Waals surface area (Å²) in [6, 6.07) is 0. The van der Waals surface area contributed by atoms with Gasteiger partial charge in [-0.2, -0.15) is 0 Å². The van der Waals surface area contributed by atoms with Gasteiger partial charge in [0.25, 0.3) is 0 Å². The second kappa shape index (κ2) is 7.38. The summed E-state index contributed by atoms with van der Waals surface area (Å²) < 4.78 is 5.74. The highest BCUT2D eigenvalue weighted by atomic mass is 16.5. The lowest BCUT2D eigenvalue weighted by Gasteiger charge is -2.37. The fraction of sp³-hybridized carbons (Fsp3) is 0.933. The normalized spacial score (nSPS) is 32.0. The first-order valence-electron chi connectivity index (χ1n) is 8.03. The molecule has 1 amide bonds. The minimum atomic E-state index is -0.211. The van der Waals surface area contributed by atoms with Gasteiger partial charge >= 0.3 is 0 Å². The van der Waals surface area contributed by atoms with E-state index in [1.807, 2.05) is 0 Å². The van der Waals surface area contributed by atoms with Crippen LogP contribution in [-0.4, -0.2) is 62.8 Å². The summed E-state index contributed by atoms with van der Waals surface area (Å²) in [5.74, 6) is 0.199. The minimum Gasteiger partial charge on any atom is -0.374 e. The third-order valence-corrected chi connectivity index (χ3v) is 4.79.